The van der Waals surface area contributed by atoms with Crippen molar-refractivity contribution in [3.8, 4) is 11.3 Å². The maximum Gasteiger partial charge on any atom is 0.225 e. The van der Waals surface area contributed by atoms with Gasteiger partial charge in [0.2, 0.25) is 5.91 Å². The monoisotopic (exact) mass is 416 g/mol. The number of piperazine rings is 1. The SMILES string of the molecule is CCCC[C@H](CC)C(=O)N1CCN(c2nc3ccccc3nc2-c2ccccc2)CC1. The number of para-hydroxylation sites is 2. The Hall–Kier alpha value is -2.95. The Morgan fingerprint density at radius 1 is 0.903 bits per heavy atom. The van der Waals surface area contributed by atoms with Crippen LogP contribution in [-0.4, -0.2) is 47.0 Å². The predicted molar refractivity (Wildman–Crippen MR) is 127 cm³/mol. The maximum absolute atomic E-state index is 13.0. The van der Waals surface area contributed by atoms with Crippen molar-refractivity contribution in [2.24, 2.45) is 5.92 Å². The fraction of sp³-hybridized carbons (Fsp3) is 0.423. The Morgan fingerprint density at radius 3 is 2.19 bits per heavy atom. The largest absolute Gasteiger partial charge is 0.351 e. The lowest BCUT2D eigenvalue weighted by molar-refractivity contribution is -0.136. The van der Waals surface area contributed by atoms with Crippen molar-refractivity contribution in [2.45, 2.75) is 39.5 Å². The minimum atomic E-state index is 0.159. The van der Waals surface area contributed by atoms with Crippen molar-refractivity contribution in [1.29, 1.82) is 0 Å². The topological polar surface area (TPSA) is 49.3 Å². The highest BCUT2D eigenvalue weighted by Gasteiger charge is 2.28. The zero-order chi connectivity index (χ0) is 21.6. The van der Waals surface area contributed by atoms with Gasteiger partial charge in [-0.05, 0) is 25.0 Å². The Kier molecular flexibility index (Phi) is 6.80. The van der Waals surface area contributed by atoms with Crippen LogP contribution in [0.5, 0.6) is 0 Å². The predicted octanol–water partition coefficient (Wildman–Crippen LogP) is 5.16. The molecule has 2 aromatic carbocycles. The van der Waals surface area contributed by atoms with Gasteiger partial charge in [0.1, 0.15) is 5.69 Å². The third-order valence-corrected chi connectivity index (χ3v) is 6.24. The summed E-state index contributed by atoms with van der Waals surface area (Å²) in [6, 6.07) is 18.3. The van der Waals surface area contributed by atoms with Crippen LogP contribution in [0.15, 0.2) is 54.6 Å². The van der Waals surface area contributed by atoms with E-state index in [-0.39, 0.29) is 5.92 Å². The van der Waals surface area contributed by atoms with Crippen LogP contribution in [0.3, 0.4) is 0 Å². The molecule has 0 spiro atoms. The first-order chi connectivity index (χ1) is 15.2. The number of unbranched alkanes of at least 4 members (excludes halogenated alkanes) is 1. The van der Waals surface area contributed by atoms with Crippen molar-refractivity contribution >= 4 is 22.8 Å². The number of carbonyl (C=O) groups excluding carboxylic acids is 1. The Balaban J connectivity index is 1.57. The van der Waals surface area contributed by atoms with E-state index in [1.807, 2.05) is 42.5 Å². The van der Waals surface area contributed by atoms with E-state index in [0.29, 0.717) is 5.91 Å². The molecular formula is C26H32N4O. The highest BCUT2D eigenvalue weighted by Crippen LogP contribution is 2.30. The van der Waals surface area contributed by atoms with Gasteiger partial charge < -0.3 is 9.80 Å². The molecule has 1 fully saturated rings. The molecule has 3 aromatic rings. The van der Waals surface area contributed by atoms with Gasteiger partial charge in [-0.3, -0.25) is 4.79 Å². The Morgan fingerprint density at radius 2 is 1.55 bits per heavy atom. The van der Waals surface area contributed by atoms with Crippen LogP contribution in [0.25, 0.3) is 22.3 Å². The molecule has 0 unspecified atom stereocenters. The molecule has 5 nitrogen and oxygen atoms in total. The summed E-state index contributed by atoms with van der Waals surface area (Å²) in [4.78, 5) is 27.3. The highest BCUT2D eigenvalue weighted by molar-refractivity contribution is 5.84. The molecule has 0 aliphatic carbocycles. The number of hydrogen-bond donors (Lipinski definition) is 0. The first-order valence-electron chi connectivity index (χ1n) is 11.6. The number of nitrogens with zero attached hydrogens (tertiary/aromatic N) is 4. The van der Waals surface area contributed by atoms with Gasteiger partial charge in [0.25, 0.3) is 0 Å². The van der Waals surface area contributed by atoms with E-state index in [1.54, 1.807) is 0 Å². The van der Waals surface area contributed by atoms with Gasteiger partial charge in [-0.15, -0.1) is 0 Å². The molecule has 31 heavy (non-hydrogen) atoms. The molecule has 1 aliphatic heterocycles. The number of rotatable bonds is 7. The van der Waals surface area contributed by atoms with Crippen molar-refractivity contribution in [2.75, 3.05) is 31.1 Å². The zero-order valence-electron chi connectivity index (χ0n) is 18.6. The number of amides is 1. The number of carbonyl (C=O) groups is 1. The zero-order valence-corrected chi connectivity index (χ0v) is 18.6. The van der Waals surface area contributed by atoms with Gasteiger partial charge in [-0.1, -0.05) is 69.2 Å². The van der Waals surface area contributed by atoms with Crippen molar-refractivity contribution in [1.82, 2.24) is 14.9 Å². The first kappa shape index (κ1) is 21.3. The van der Waals surface area contributed by atoms with Crippen LogP contribution < -0.4 is 4.90 Å². The van der Waals surface area contributed by atoms with Crippen LogP contribution >= 0.6 is 0 Å². The molecule has 0 bridgehead atoms. The van der Waals surface area contributed by atoms with E-state index < -0.39 is 0 Å². The third-order valence-electron chi connectivity index (χ3n) is 6.24. The molecule has 162 valence electrons. The van der Waals surface area contributed by atoms with E-state index in [2.05, 4.69) is 35.8 Å². The van der Waals surface area contributed by atoms with E-state index in [4.69, 9.17) is 9.97 Å². The first-order valence-corrected chi connectivity index (χ1v) is 11.6. The van der Waals surface area contributed by atoms with Gasteiger partial charge in [-0.25, -0.2) is 9.97 Å². The average Bonchev–Trinajstić information content (AvgIpc) is 2.84. The molecule has 0 saturated carbocycles. The van der Waals surface area contributed by atoms with E-state index >= 15 is 0 Å². The van der Waals surface area contributed by atoms with E-state index in [9.17, 15) is 4.79 Å². The summed E-state index contributed by atoms with van der Waals surface area (Å²) in [6.45, 7) is 7.36. The van der Waals surface area contributed by atoms with E-state index in [0.717, 1.165) is 80.0 Å². The van der Waals surface area contributed by atoms with Gasteiger partial charge >= 0.3 is 0 Å². The molecule has 1 aromatic heterocycles. The fourth-order valence-corrected chi connectivity index (χ4v) is 4.35. The van der Waals surface area contributed by atoms with Crippen molar-refractivity contribution in [3.63, 3.8) is 0 Å². The lowest BCUT2D eigenvalue weighted by Gasteiger charge is -2.37. The van der Waals surface area contributed by atoms with Crippen LogP contribution in [0.2, 0.25) is 0 Å². The van der Waals surface area contributed by atoms with Gasteiger partial charge in [0.15, 0.2) is 5.82 Å². The summed E-state index contributed by atoms with van der Waals surface area (Å²) in [7, 11) is 0. The quantitative estimate of drug-likeness (QED) is 0.534. The van der Waals surface area contributed by atoms with Crippen LogP contribution in [0, 0.1) is 5.92 Å². The molecule has 5 heteroatoms. The average molecular weight is 417 g/mol. The van der Waals surface area contributed by atoms with Gasteiger partial charge in [0.05, 0.1) is 11.0 Å². The molecule has 0 N–H and O–H groups in total. The molecule has 1 amide bonds. The minimum absolute atomic E-state index is 0.159. The molecular weight excluding hydrogens is 384 g/mol. The summed E-state index contributed by atoms with van der Waals surface area (Å²) in [6.07, 6.45) is 4.19. The van der Waals surface area contributed by atoms with Crippen molar-refractivity contribution in [3.05, 3.63) is 54.6 Å². The van der Waals surface area contributed by atoms with Gasteiger partial charge in [-0.2, -0.15) is 0 Å². The van der Waals surface area contributed by atoms with Crippen LogP contribution in [0.4, 0.5) is 5.82 Å². The second-order valence-corrected chi connectivity index (χ2v) is 8.31. The smallest absolute Gasteiger partial charge is 0.225 e. The summed E-state index contributed by atoms with van der Waals surface area (Å²) < 4.78 is 0. The summed E-state index contributed by atoms with van der Waals surface area (Å²) in [5.41, 5.74) is 3.79. The normalized spacial score (nSPS) is 15.3. The third kappa shape index (κ3) is 4.71. The summed E-state index contributed by atoms with van der Waals surface area (Å²) >= 11 is 0. The Bertz CT molecular complexity index is 1010. The van der Waals surface area contributed by atoms with Crippen molar-refractivity contribution < 1.29 is 4.79 Å². The standard InChI is InChI=1S/C26H32N4O/c1-3-5-11-20(4-2)26(31)30-18-16-29(17-19-30)25-24(21-12-7-6-8-13-21)27-22-14-9-10-15-23(22)28-25/h6-10,12-15,20H,3-5,11,16-19H2,1-2H3/t20-/m0/s1. The van der Waals surface area contributed by atoms with Crippen LogP contribution in [0.1, 0.15) is 39.5 Å². The second-order valence-electron chi connectivity index (χ2n) is 8.31. The molecule has 1 aliphatic rings. The number of hydrogen-bond acceptors (Lipinski definition) is 4. The number of fused-ring (bicyclic) bond motifs is 1. The lowest BCUT2D eigenvalue weighted by Crippen LogP contribution is -2.50. The molecule has 4 rings (SSSR count). The Labute approximate surface area is 185 Å². The lowest BCUT2D eigenvalue weighted by atomic mass is 9.97. The van der Waals surface area contributed by atoms with Crippen LogP contribution in [-0.2, 0) is 4.79 Å². The minimum Gasteiger partial charge on any atom is -0.351 e. The highest BCUT2D eigenvalue weighted by atomic mass is 16.2. The van der Waals surface area contributed by atoms with E-state index in [1.165, 1.54) is 0 Å². The number of aromatic nitrogens is 2. The fourth-order valence-electron chi connectivity index (χ4n) is 4.35. The molecule has 0 radical (unpaired) electrons. The summed E-state index contributed by atoms with van der Waals surface area (Å²) in [5, 5.41) is 0. The number of benzene rings is 2. The molecule has 2 heterocycles. The second kappa shape index (κ2) is 9.90. The maximum atomic E-state index is 13.0. The number of anilines is 1. The van der Waals surface area contributed by atoms with Gasteiger partial charge in [0, 0.05) is 37.7 Å². The summed E-state index contributed by atoms with van der Waals surface area (Å²) in [5.74, 6) is 1.39. The molecule has 1 saturated heterocycles. The molecule has 1 atom stereocenters.